The number of hydrogen-bond acceptors (Lipinski definition) is 5. The molecular weight excluding hydrogens is 262 g/mol. The Labute approximate surface area is 94.4 Å². The van der Waals surface area contributed by atoms with Gasteiger partial charge in [0.25, 0.3) is 0 Å². The van der Waals surface area contributed by atoms with E-state index in [4.69, 9.17) is 14.9 Å². The summed E-state index contributed by atoms with van der Waals surface area (Å²) in [6, 6.07) is 3.43. The zero-order valence-corrected chi connectivity index (χ0v) is 9.48. The van der Waals surface area contributed by atoms with E-state index in [1.807, 2.05) is 0 Å². The van der Waals surface area contributed by atoms with E-state index >= 15 is 0 Å². The zero-order chi connectivity index (χ0) is 10.8. The molecule has 0 aliphatic carbocycles. The van der Waals surface area contributed by atoms with Crippen LogP contribution in [0.4, 0.5) is 5.95 Å². The summed E-state index contributed by atoms with van der Waals surface area (Å²) in [6.07, 6.45) is 1.56. The van der Waals surface area contributed by atoms with E-state index in [1.54, 1.807) is 18.4 Å². The van der Waals surface area contributed by atoms with Crippen LogP contribution in [0, 0.1) is 0 Å². The van der Waals surface area contributed by atoms with Gasteiger partial charge in [-0.3, -0.25) is 0 Å². The number of methoxy groups -OCH3 is 1. The maximum Gasteiger partial charge on any atom is 0.224 e. The van der Waals surface area contributed by atoms with Crippen LogP contribution in [0.2, 0.25) is 0 Å². The number of hydrogen-bond donors (Lipinski definition) is 1. The van der Waals surface area contributed by atoms with Crippen LogP contribution in [0.25, 0.3) is 11.5 Å². The van der Waals surface area contributed by atoms with Gasteiger partial charge in [-0.05, 0) is 22.0 Å². The molecule has 0 bridgehead atoms. The Morgan fingerprint density at radius 3 is 2.87 bits per heavy atom. The third kappa shape index (κ3) is 1.94. The fourth-order valence-electron chi connectivity index (χ4n) is 1.14. The summed E-state index contributed by atoms with van der Waals surface area (Å²) in [5, 5.41) is 0. The van der Waals surface area contributed by atoms with Crippen molar-refractivity contribution in [2.24, 2.45) is 0 Å². The molecule has 0 atom stereocenters. The van der Waals surface area contributed by atoms with Gasteiger partial charge >= 0.3 is 0 Å². The first-order valence-electron chi connectivity index (χ1n) is 4.12. The van der Waals surface area contributed by atoms with Gasteiger partial charge < -0.3 is 14.9 Å². The van der Waals surface area contributed by atoms with Crippen molar-refractivity contribution < 1.29 is 9.15 Å². The fourth-order valence-corrected chi connectivity index (χ4v) is 1.54. The van der Waals surface area contributed by atoms with E-state index in [0.717, 1.165) is 4.47 Å². The highest BCUT2D eigenvalue weighted by molar-refractivity contribution is 9.10. The quantitative estimate of drug-likeness (QED) is 0.904. The molecule has 0 fully saturated rings. The maximum absolute atomic E-state index is 5.53. The molecule has 2 N–H and O–H groups in total. The van der Waals surface area contributed by atoms with Crippen molar-refractivity contribution in [3.63, 3.8) is 0 Å². The number of nitrogen functional groups attached to an aromatic ring is 1. The van der Waals surface area contributed by atoms with Crippen LogP contribution in [-0.4, -0.2) is 17.1 Å². The predicted molar refractivity (Wildman–Crippen MR) is 58.4 cm³/mol. The largest absolute Gasteiger partial charge is 0.481 e. The molecule has 6 heteroatoms. The lowest BCUT2D eigenvalue weighted by Gasteiger charge is -2.02. The van der Waals surface area contributed by atoms with Crippen LogP contribution in [0.1, 0.15) is 0 Å². The van der Waals surface area contributed by atoms with Gasteiger partial charge in [0.2, 0.25) is 11.8 Å². The number of ether oxygens (including phenoxy) is 1. The standard InChI is InChI=1S/C9H8BrN3O2/c1-14-7-4-6(12-9(11)13-7)8-5(10)2-3-15-8/h2-4H,1H3,(H2,11,12,13). The van der Waals surface area contributed by atoms with E-state index < -0.39 is 0 Å². The molecule has 0 aromatic carbocycles. The summed E-state index contributed by atoms with van der Waals surface area (Å²) in [6.45, 7) is 0. The first kappa shape index (κ1) is 9.97. The molecule has 2 aromatic rings. The van der Waals surface area contributed by atoms with Gasteiger partial charge in [0.1, 0.15) is 5.69 Å². The highest BCUT2D eigenvalue weighted by Gasteiger charge is 2.11. The first-order valence-corrected chi connectivity index (χ1v) is 4.92. The lowest BCUT2D eigenvalue weighted by atomic mass is 10.3. The summed E-state index contributed by atoms with van der Waals surface area (Å²) in [7, 11) is 1.52. The highest BCUT2D eigenvalue weighted by atomic mass is 79.9. The SMILES string of the molecule is COc1cc(-c2occc2Br)nc(N)n1. The normalized spacial score (nSPS) is 10.3. The van der Waals surface area contributed by atoms with Crippen molar-refractivity contribution in [2.75, 3.05) is 12.8 Å². The summed E-state index contributed by atoms with van der Waals surface area (Å²) < 4.78 is 11.1. The molecule has 0 aliphatic heterocycles. The number of nitrogens with two attached hydrogens (primary N) is 1. The van der Waals surface area contributed by atoms with Crippen LogP contribution in [0.3, 0.4) is 0 Å². The molecular formula is C9H8BrN3O2. The Kier molecular flexibility index (Phi) is 2.59. The molecule has 2 rings (SSSR count). The predicted octanol–water partition coefficient (Wildman–Crippen LogP) is 2.09. The molecule has 0 aliphatic rings. The second-order valence-corrected chi connectivity index (χ2v) is 3.61. The summed E-state index contributed by atoms with van der Waals surface area (Å²) in [5.74, 6) is 1.15. The van der Waals surface area contributed by atoms with Crippen molar-refractivity contribution in [1.82, 2.24) is 9.97 Å². The Hall–Kier alpha value is -1.56. The molecule has 0 amide bonds. The minimum absolute atomic E-state index is 0.146. The van der Waals surface area contributed by atoms with Gasteiger partial charge in [0.05, 0.1) is 17.8 Å². The monoisotopic (exact) mass is 269 g/mol. The number of nitrogens with zero attached hydrogens (tertiary/aromatic N) is 2. The molecule has 15 heavy (non-hydrogen) atoms. The fraction of sp³-hybridized carbons (Fsp3) is 0.111. The first-order chi connectivity index (χ1) is 7.20. The van der Waals surface area contributed by atoms with E-state index in [9.17, 15) is 0 Å². The van der Waals surface area contributed by atoms with Crippen molar-refractivity contribution in [3.8, 4) is 17.3 Å². The van der Waals surface area contributed by atoms with Crippen LogP contribution < -0.4 is 10.5 Å². The number of aromatic nitrogens is 2. The van der Waals surface area contributed by atoms with Crippen molar-refractivity contribution in [2.45, 2.75) is 0 Å². The average Bonchev–Trinajstić information content (AvgIpc) is 2.63. The molecule has 0 unspecified atom stereocenters. The van der Waals surface area contributed by atoms with Crippen LogP contribution in [0.15, 0.2) is 27.3 Å². The smallest absolute Gasteiger partial charge is 0.224 e. The number of anilines is 1. The van der Waals surface area contributed by atoms with Gasteiger partial charge in [0, 0.05) is 6.07 Å². The van der Waals surface area contributed by atoms with Gasteiger partial charge in [-0.25, -0.2) is 4.98 Å². The second kappa shape index (κ2) is 3.90. The zero-order valence-electron chi connectivity index (χ0n) is 7.90. The van der Waals surface area contributed by atoms with E-state index in [2.05, 4.69) is 25.9 Å². The van der Waals surface area contributed by atoms with Crippen LogP contribution in [-0.2, 0) is 0 Å². The van der Waals surface area contributed by atoms with Crippen molar-refractivity contribution in [3.05, 3.63) is 22.9 Å². The Morgan fingerprint density at radius 2 is 2.27 bits per heavy atom. The topological polar surface area (TPSA) is 74.2 Å². The Morgan fingerprint density at radius 1 is 1.47 bits per heavy atom. The number of rotatable bonds is 2. The Balaban J connectivity index is 2.53. The molecule has 0 saturated carbocycles. The van der Waals surface area contributed by atoms with E-state index in [0.29, 0.717) is 17.3 Å². The van der Waals surface area contributed by atoms with Gasteiger partial charge in [-0.2, -0.15) is 4.98 Å². The minimum Gasteiger partial charge on any atom is -0.481 e. The van der Waals surface area contributed by atoms with Gasteiger partial charge in [-0.1, -0.05) is 0 Å². The van der Waals surface area contributed by atoms with Crippen molar-refractivity contribution >= 4 is 21.9 Å². The van der Waals surface area contributed by atoms with Gasteiger partial charge in [-0.15, -0.1) is 0 Å². The molecule has 0 spiro atoms. The molecule has 2 heterocycles. The highest BCUT2D eigenvalue weighted by Crippen LogP contribution is 2.29. The molecule has 2 aromatic heterocycles. The summed E-state index contributed by atoms with van der Waals surface area (Å²) >= 11 is 3.34. The third-order valence-electron chi connectivity index (χ3n) is 1.78. The molecule has 0 saturated heterocycles. The molecule has 5 nitrogen and oxygen atoms in total. The average molecular weight is 270 g/mol. The number of furan rings is 1. The molecule has 0 radical (unpaired) electrons. The third-order valence-corrected chi connectivity index (χ3v) is 2.40. The van der Waals surface area contributed by atoms with E-state index in [-0.39, 0.29) is 5.95 Å². The van der Waals surface area contributed by atoms with Crippen molar-refractivity contribution in [1.29, 1.82) is 0 Å². The Bertz CT molecular complexity index is 484. The van der Waals surface area contributed by atoms with Crippen LogP contribution in [0.5, 0.6) is 5.88 Å². The maximum atomic E-state index is 5.53. The van der Waals surface area contributed by atoms with E-state index in [1.165, 1.54) is 7.11 Å². The lowest BCUT2D eigenvalue weighted by Crippen LogP contribution is -1.98. The molecule has 78 valence electrons. The van der Waals surface area contributed by atoms with Crippen LogP contribution >= 0.6 is 15.9 Å². The van der Waals surface area contributed by atoms with Gasteiger partial charge in [0.15, 0.2) is 5.76 Å². The number of halogens is 1. The summed E-state index contributed by atoms with van der Waals surface area (Å²) in [4.78, 5) is 7.93. The minimum atomic E-state index is 0.146. The lowest BCUT2D eigenvalue weighted by molar-refractivity contribution is 0.397. The second-order valence-electron chi connectivity index (χ2n) is 2.75. The summed E-state index contributed by atoms with van der Waals surface area (Å²) in [5.41, 5.74) is 6.11.